The predicted molar refractivity (Wildman–Crippen MR) is 135 cm³/mol. The number of nitrogens with one attached hydrogen (secondary N) is 3. The predicted octanol–water partition coefficient (Wildman–Crippen LogP) is 5.36. The molecule has 0 aliphatic carbocycles. The molecule has 0 atom stereocenters. The third-order valence-electron chi connectivity index (χ3n) is 4.50. The van der Waals surface area contributed by atoms with Crippen LogP contribution in [0.4, 0.5) is 11.4 Å². The maximum absolute atomic E-state index is 5.80. The second-order valence-electron chi connectivity index (χ2n) is 7.24. The first-order valence-corrected chi connectivity index (χ1v) is 11.3. The van der Waals surface area contributed by atoms with E-state index in [9.17, 15) is 0 Å². The Balaban J connectivity index is 1.45. The molecule has 5 N–H and O–H groups in total. The summed E-state index contributed by atoms with van der Waals surface area (Å²) in [5.41, 5.74) is 8.59. The fourth-order valence-corrected chi connectivity index (χ4v) is 3.37. The number of ether oxygens (including phenoxy) is 1. The Labute approximate surface area is 190 Å². The molecule has 0 bridgehead atoms. The molecular formula is C23H32N4OS2. The number of anilines is 2. The lowest BCUT2D eigenvalue weighted by Gasteiger charge is -2.11. The van der Waals surface area contributed by atoms with Gasteiger partial charge in [0.15, 0.2) is 10.2 Å². The molecule has 0 unspecified atom stereocenters. The van der Waals surface area contributed by atoms with E-state index in [0.29, 0.717) is 5.11 Å². The van der Waals surface area contributed by atoms with Crippen molar-refractivity contribution in [2.75, 3.05) is 23.8 Å². The molecule has 0 saturated carbocycles. The van der Waals surface area contributed by atoms with Gasteiger partial charge in [0.25, 0.3) is 0 Å². The van der Waals surface area contributed by atoms with Gasteiger partial charge in [-0.05, 0) is 74.0 Å². The van der Waals surface area contributed by atoms with Gasteiger partial charge in [0.1, 0.15) is 5.75 Å². The summed E-state index contributed by atoms with van der Waals surface area (Å²) in [6.45, 7) is 3.69. The summed E-state index contributed by atoms with van der Waals surface area (Å²) in [6, 6.07) is 15.9. The molecule has 2 rings (SSSR count). The molecule has 0 fully saturated rings. The Morgan fingerprint density at radius 3 is 2.27 bits per heavy atom. The Morgan fingerprint density at radius 1 is 0.867 bits per heavy atom. The van der Waals surface area contributed by atoms with Crippen LogP contribution in [-0.2, 0) is 0 Å². The van der Waals surface area contributed by atoms with Gasteiger partial charge >= 0.3 is 0 Å². The minimum absolute atomic E-state index is 0.256. The van der Waals surface area contributed by atoms with E-state index in [-0.39, 0.29) is 5.11 Å². The maximum Gasteiger partial charge on any atom is 0.170 e. The van der Waals surface area contributed by atoms with Gasteiger partial charge in [0.05, 0.1) is 6.61 Å². The lowest BCUT2D eigenvalue weighted by Crippen LogP contribution is -2.29. The Morgan fingerprint density at radius 2 is 1.53 bits per heavy atom. The molecule has 7 heteroatoms. The highest BCUT2D eigenvalue weighted by Gasteiger charge is 1.99. The second kappa shape index (κ2) is 13.8. The quantitative estimate of drug-likeness (QED) is 0.260. The SMILES string of the molecule is Cc1cccc(NC(=S)NCCCCCCCCOc2cccc(NC(N)=S)c2)c1. The van der Waals surface area contributed by atoms with Crippen LogP contribution >= 0.6 is 24.4 Å². The first-order chi connectivity index (χ1) is 14.5. The summed E-state index contributed by atoms with van der Waals surface area (Å²) in [4.78, 5) is 0. The first-order valence-electron chi connectivity index (χ1n) is 10.4. The van der Waals surface area contributed by atoms with Crippen LogP contribution in [0.15, 0.2) is 48.5 Å². The fourth-order valence-electron chi connectivity index (χ4n) is 3.03. The largest absolute Gasteiger partial charge is 0.494 e. The average molecular weight is 445 g/mol. The molecule has 0 aromatic heterocycles. The zero-order chi connectivity index (χ0) is 21.6. The van der Waals surface area contributed by atoms with Crippen LogP contribution in [0.1, 0.15) is 44.1 Å². The lowest BCUT2D eigenvalue weighted by molar-refractivity contribution is 0.304. The van der Waals surface area contributed by atoms with Gasteiger partial charge in [-0.3, -0.25) is 0 Å². The zero-order valence-corrected chi connectivity index (χ0v) is 19.2. The molecule has 0 spiro atoms. The molecule has 0 radical (unpaired) electrons. The minimum atomic E-state index is 0.256. The Bertz CT molecular complexity index is 813. The summed E-state index contributed by atoms with van der Waals surface area (Å²) in [6.07, 6.45) is 7.00. The highest BCUT2D eigenvalue weighted by molar-refractivity contribution is 7.80. The molecule has 2 aromatic rings. The topological polar surface area (TPSA) is 71.3 Å². The molecule has 30 heavy (non-hydrogen) atoms. The number of aryl methyl sites for hydroxylation is 1. The van der Waals surface area contributed by atoms with Gasteiger partial charge < -0.3 is 26.4 Å². The van der Waals surface area contributed by atoms with Crippen molar-refractivity contribution in [3.8, 4) is 5.75 Å². The number of unbranched alkanes of at least 4 members (excludes halogenated alkanes) is 5. The van der Waals surface area contributed by atoms with Gasteiger partial charge in [-0.15, -0.1) is 0 Å². The molecule has 2 aromatic carbocycles. The van der Waals surface area contributed by atoms with Crippen molar-refractivity contribution >= 4 is 46.0 Å². The van der Waals surface area contributed by atoms with E-state index >= 15 is 0 Å². The number of thiocarbonyl (C=S) groups is 2. The van der Waals surface area contributed by atoms with E-state index in [1.165, 1.54) is 31.2 Å². The van der Waals surface area contributed by atoms with Crippen molar-refractivity contribution < 1.29 is 4.74 Å². The van der Waals surface area contributed by atoms with Crippen LogP contribution in [0.2, 0.25) is 0 Å². The van der Waals surface area contributed by atoms with Crippen LogP contribution in [-0.4, -0.2) is 23.4 Å². The molecular weight excluding hydrogens is 412 g/mol. The van der Waals surface area contributed by atoms with Gasteiger partial charge in [-0.2, -0.15) is 0 Å². The van der Waals surface area contributed by atoms with Gasteiger partial charge in [0.2, 0.25) is 0 Å². The molecule has 0 heterocycles. The smallest absolute Gasteiger partial charge is 0.170 e. The van der Waals surface area contributed by atoms with Crippen molar-refractivity contribution in [2.24, 2.45) is 5.73 Å². The van der Waals surface area contributed by atoms with E-state index in [2.05, 4.69) is 35.0 Å². The molecule has 0 aliphatic rings. The van der Waals surface area contributed by atoms with Crippen molar-refractivity contribution in [1.82, 2.24) is 5.32 Å². The maximum atomic E-state index is 5.80. The standard InChI is InChI=1S/C23H32N4OS2/c1-18-10-8-11-19(16-18)27-23(30)25-14-6-4-2-3-5-7-15-28-21-13-9-12-20(17-21)26-22(24)29/h8-13,16-17H,2-7,14-15H2,1H3,(H3,24,26,29)(H2,25,27,30). The monoisotopic (exact) mass is 444 g/mol. The second-order valence-corrected chi connectivity index (χ2v) is 8.09. The molecule has 0 saturated heterocycles. The number of hydrogen-bond donors (Lipinski definition) is 4. The van der Waals surface area contributed by atoms with Crippen molar-refractivity contribution in [3.63, 3.8) is 0 Å². The van der Waals surface area contributed by atoms with Crippen molar-refractivity contribution in [3.05, 3.63) is 54.1 Å². The van der Waals surface area contributed by atoms with Gasteiger partial charge in [0, 0.05) is 24.0 Å². The van der Waals surface area contributed by atoms with Crippen molar-refractivity contribution in [1.29, 1.82) is 0 Å². The number of benzene rings is 2. The van der Waals surface area contributed by atoms with Crippen LogP contribution in [0.25, 0.3) is 0 Å². The summed E-state index contributed by atoms with van der Waals surface area (Å²) >= 11 is 10.2. The third-order valence-corrected chi connectivity index (χ3v) is 4.85. The number of hydrogen-bond acceptors (Lipinski definition) is 3. The fraction of sp³-hybridized carbons (Fsp3) is 0.391. The van der Waals surface area contributed by atoms with Gasteiger partial charge in [-0.25, -0.2) is 0 Å². The summed E-state index contributed by atoms with van der Waals surface area (Å²) in [5, 5.41) is 10.4. The van der Waals surface area contributed by atoms with E-state index < -0.39 is 0 Å². The molecule has 162 valence electrons. The number of rotatable bonds is 12. The first kappa shape index (κ1) is 23.9. The van der Waals surface area contributed by atoms with Crippen LogP contribution in [0.3, 0.4) is 0 Å². The highest BCUT2D eigenvalue weighted by atomic mass is 32.1. The third kappa shape index (κ3) is 10.4. The zero-order valence-electron chi connectivity index (χ0n) is 17.6. The van der Waals surface area contributed by atoms with Crippen LogP contribution in [0, 0.1) is 6.92 Å². The van der Waals surface area contributed by atoms with E-state index in [1.807, 2.05) is 36.4 Å². The van der Waals surface area contributed by atoms with E-state index in [1.54, 1.807) is 0 Å². The summed E-state index contributed by atoms with van der Waals surface area (Å²) in [5.74, 6) is 0.831. The highest BCUT2D eigenvalue weighted by Crippen LogP contribution is 2.17. The number of nitrogens with two attached hydrogens (primary N) is 1. The van der Waals surface area contributed by atoms with E-state index in [0.717, 1.165) is 43.1 Å². The Kier molecular flexibility index (Phi) is 11.0. The Hall–Kier alpha value is -2.38. The molecule has 0 aliphatic heterocycles. The van der Waals surface area contributed by atoms with E-state index in [4.69, 9.17) is 34.9 Å². The molecule has 5 nitrogen and oxygen atoms in total. The normalized spacial score (nSPS) is 10.3. The van der Waals surface area contributed by atoms with Crippen molar-refractivity contribution in [2.45, 2.75) is 45.4 Å². The van der Waals surface area contributed by atoms with Crippen LogP contribution < -0.4 is 26.4 Å². The summed E-state index contributed by atoms with van der Waals surface area (Å²) in [7, 11) is 0. The summed E-state index contributed by atoms with van der Waals surface area (Å²) < 4.78 is 5.80. The lowest BCUT2D eigenvalue weighted by atomic mass is 10.1. The molecule has 0 amide bonds. The minimum Gasteiger partial charge on any atom is -0.494 e. The van der Waals surface area contributed by atoms with Crippen LogP contribution in [0.5, 0.6) is 5.75 Å². The average Bonchev–Trinajstić information content (AvgIpc) is 2.69. The van der Waals surface area contributed by atoms with Gasteiger partial charge in [-0.1, -0.05) is 43.9 Å².